The minimum Gasteiger partial charge on any atom is -0.361 e. The number of anilines is 1. The molecule has 3 heterocycles. The van der Waals surface area contributed by atoms with Crippen LogP contribution in [-0.4, -0.2) is 21.2 Å². The van der Waals surface area contributed by atoms with E-state index >= 15 is 0 Å². The Bertz CT molecular complexity index is 969. The second-order valence-electron chi connectivity index (χ2n) is 7.24. The highest BCUT2D eigenvalue weighted by Crippen LogP contribution is 2.40. The van der Waals surface area contributed by atoms with Gasteiger partial charge in [-0.15, -0.1) is 0 Å². The molecule has 0 N–H and O–H groups in total. The Hall–Kier alpha value is -2.96. The number of nitrogens with zero attached hydrogens (tertiary/aromatic N) is 4. The summed E-state index contributed by atoms with van der Waals surface area (Å²) >= 11 is 0. The highest BCUT2D eigenvalue weighted by Gasteiger charge is 2.38. The van der Waals surface area contributed by atoms with Crippen molar-refractivity contribution in [2.75, 3.05) is 4.90 Å². The number of fused-ring (bicyclic) bond motifs is 1. The number of hydrogen-bond donors (Lipinski definition) is 0. The number of amides is 1. The highest BCUT2D eigenvalue weighted by molar-refractivity contribution is 5.97. The molecule has 2 aromatic heterocycles. The molecule has 0 radical (unpaired) electrons. The lowest BCUT2D eigenvalue weighted by atomic mass is 10.1. The van der Waals surface area contributed by atoms with Crippen molar-refractivity contribution in [2.24, 2.45) is 0 Å². The molecule has 0 spiro atoms. The van der Waals surface area contributed by atoms with Gasteiger partial charge in [0.25, 0.3) is 0 Å². The topological polar surface area (TPSA) is 85.3 Å². The minimum absolute atomic E-state index is 0.0322. The molecular weight excluding hydrogens is 344 g/mol. The molecule has 27 heavy (non-hydrogen) atoms. The van der Waals surface area contributed by atoms with E-state index in [0.717, 1.165) is 22.5 Å². The van der Waals surface area contributed by atoms with Gasteiger partial charge in [-0.1, -0.05) is 42.4 Å². The molecule has 1 aliphatic heterocycles. The van der Waals surface area contributed by atoms with E-state index in [-0.39, 0.29) is 24.3 Å². The monoisotopic (exact) mass is 366 g/mol. The summed E-state index contributed by atoms with van der Waals surface area (Å²) in [5.41, 5.74) is 3.58. The van der Waals surface area contributed by atoms with Gasteiger partial charge in [-0.25, -0.2) is 0 Å². The van der Waals surface area contributed by atoms with Crippen LogP contribution in [0, 0.1) is 13.8 Å². The van der Waals surface area contributed by atoms with Gasteiger partial charge in [0.15, 0.2) is 5.82 Å². The zero-order chi connectivity index (χ0) is 19.1. The van der Waals surface area contributed by atoms with Crippen LogP contribution in [0.15, 0.2) is 33.3 Å². The van der Waals surface area contributed by atoms with Crippen molar-refractivity contribution >= 4 is 11.6 Å². The standard InChI is InChI=1S/C20H22N4O3/c1-11(2)20-21-19(23-27-20)17-9-14-7-5-6-8-16(14)24(17)18(25)10-15-12(3)22-26-13(15)4/h5-8,11,17H,9-10H2,1-4H3. The number of carbonyl (C=O) groups excluding carboxylic acids is 1. The third-order valence-electron chi connectivity index (χ3n) is 5.00. The summed E-state index contributed by atoms with van der Waals surface area (Å²) in [6.45, 7) is 7.68. The normalized spacial score (nSPS) is 16.2. The maximum absolute atomic E-state index is 13.3. The summed E-state index contributed by atoms with van der Waals surface area (Å²) in [6.07, 6.45) is 0.890. The Morgan fingerprint density at radius 1 is 1.22 bits per heavy atom. The van der Waals surface area contributed by atoms with Crippen molar-refractivity contribution in [3.05, 3.63) is 58.6 Å². The SMILES string of the molecule is Cc1noc(C)c1CC(=O)N1c2ccccc2CC1c1noc(C(C)C)n1. The second kappa shape index (κ2) is 6.64. The molecule has 0 saturated heterocycles. The van der Waals surface area contributed by atoms with Crippen LogP contribution in [0.25, 0.3) is 0 Å². The number of hydrogen-bond acceptors (Lipinski definition) is 6. The van der Waals surface area contributed by atoms with Gasteiger partial charge in [0, 0.05) is 23.6 Å². The lowest BCUT2D eigenvalue weighted by Gasteiger charge is -2.23. The van der Waals surface area contributed by atoms with E-state index in [2.05, 4.69) is 15.3 Å². The van der Waals surface area contributed by atoms with Crippen LogP contribution in [0.1, 0.15) is 60.1 Å². The van der Waals surface area contributed by atoms with Gasteiger partial charge in [0.1, 0.15) is 11.8 Å². The molecular formula is C20H22N4O3. The van der Waals surface area contributed by atoms with Gasteiger partial charge in [0.05, 0.1) is 12.1 Å². The third-order valence-corrected chi connectivity index (χ3v) is 5.00. The predicted molar refractivity (Wildman–Crippen MR) is 98.4 cm³/mol. The molecule has 0 aliphatic carbocycles. The van der Waals surface area contributed by atoms with Crippen molar-refractivity contribution < 1.29 is 13.8 Å². The smallest absolute Gasteiger partial charge is 0.232 e. The van der Waals surface area contributed by atoms with Crippen molar-refractivity contribution in [3.63, 3.8) is 0 Å². The van der Waals surface area contributed by atoms with Crippen LogP contribution in [0.3, 0.4) is 0 Å². The summed E-state index contributed by atoms with van der Waals surface area (Å²) in [5.74, 6) is 1.91. The summed E-state index contributed by atoms with van der Waals surface area (Å²) < 4.78 is 10.6. The first-order valence-electron chi connectivity index (χ1n) is 9.11. The molecule has 1 aromatic carbocycles. The highest BCUT2D eigenvalue weighted by atomic mass is 16.5. The molecule has 7 nitrogen and oxygen atoms in total. The van der Waals surface area contributed by atoms with Crippen LogP contribution in [0.4, 0.5) is 5.69 Å². The average molecular weight is 366 g/mol. The first-order valence-corrected chi connectivity index (χ1v) is 9.11. The van der Waals surface area contributed by atoms with Gasteiger partial charge in [-0.3, -0.25) is 4.79 Å². The molecule has 0 fully saturated rings. The number of rotatable bonds is 4. The Labute approximate surface area is 157 Å². The summed E-state index contributed by atoms with van der Waals surface area (Å²) in [6, 6.07) is 7.65. The van der Waals surface area contributed by atoms with E-state index < -0.39 is 0 Å². The van der Waals surface area contributed by atoms with E-state index in [4.69, 9.17) is 9.05 Å². The molecule has 3 aromatic rings. The Kier molecular flexibility index (Phi) is 4.30. The number of para-hydroxylation sites is 1. The fourth-order valence-electron chi connectivity index (χ4n) is 3.51. The second-order valence-corrected chi connectivity index (χ2v) is 7.24. The zero-order valence-corrected chi connectivity index (χ0v) is 15.9. The maximum Gasteiger partial charge on any atom is 0.232 e. The van der Waals surface area contributed by atoms with Gasteiger partial charge in [-0.2, -0.15) is 4.98 Å². The zero-order valence-electron chi connectivity index (χ0n) is 15.9. The summed E-state index contributed by atoms with van der Waals surface area (Å²) in [7, 11) is 0. The fraction of sp³-hybridized carbons (Fsp3) is 0.400. The van der Waals surface area contributed by atoms with Crippen molar-refractivity contribution in [1.29, 1.82) is 0 Å². The van der Waals surface area contributed by atoms with Crippen LogP contribution in [0.2, 0.25) is 0 Å². The van der Waals surface area contributed by atoms with E-state index in [1.165, 1.54) is 0 Å². The molecule has 1 unspecified atom stereocenters. The number of carbonyl (C=O) groups is 1. The third kappa shape index (κ3) is 3.03. The Morgan fingerprint density at radius 2 is 2.00 bits per heavy atom. The van der Waals surface area contributed by atoms with Gasteiger partial charge >= 0.3 is 0 Å². The Balaban J connectivity index is 1.70. The van der Waals surface area contributed by atoms with Crippen molar-refractivity contribution in [2.45, 2.75) is 52.5 Å². The molecule has 7 heteroatoms. The molecule has 0 bridgehead atoms. The molecule has 140 valence electrons. The van der Waals surface area contributed by atoms with Crippen molar-refractivity contribution in [1.82, 2.24) is 15.3 Å². The lowest BCUT2D eigenvalue weighted by molar-refractivity contribution is -0.118. The molecule has 4 rings (SSSR count). The first kappa shape index (κ1) is 17.5. The van der Waals surface area contributed by atoms with E-state index in [9.17, 15) is 4.79 Å². The first-order chi connectivity index (χ1) is 13.0. The minimum atomic E-state index is -0.272. The van der Waals surface area contributed by atoms with E-state index in [1.807, 2.05) is 52.0 Å². The van der Waals surface area contributed by atoms with Gasteiger partial charge in [0.2, 0.25) is 11.8 Å². The van der Waals surface area contributed by atoms with Crippen LogP contribution < -0.4 is 4.90 Å². The summed E-state index contributed by atoms with van der Waals surface area (Å²) in [5, 5.41) is 8.11. The van der Waals surface area contributed by atoms with Gasteiger partial charge < -0.3 is 13.9 Å². The quantitative estimate of drug-likeness (QED) is 0.700. The van der Waals surface area contributed by atoms with Crippen molar-refractivity contribution in [3.8, 4) is 0 Å². The van der Waals surface area contributed by atoms with E-state index in [1.54, 1.807) is 4.90 Å². The molecule has 1 atom stereocenters. The van der Waals surface area contributed by atoms with Crippen LogP contribution in [-0.2, 0) is 17.6 Å². The largest absolute Gasteiger partial charge is 0.361 e. The average Bonchev–Trinajstić information content (AvgIpc) is 3.34. The number of aryl methyl sites for hydroxylation is 2. The Morgan fingerprint density at radius 3 is 2.67 bits per heavy atom. The van der Waals surface area contributed by atoms with E-state index in [0.29, 0.717) is 23.9 Å². The molecule has 1 aliphatic rings. The molecule has 0 saturated carbocycles. The van der Waals surface area contributed by atoms with Gasteiger partial charge in [-0.05, 0) is 25.5 Å². The maximum atomic E-state index is 13.3. The van der Waals surface area contributed by atoms with Crippen LogP contribution in [0.5, 0.6) is 0 Å². The molecule has 1 amide bonds. The fourth-order valence-corrected chi connectivity index (χ4v) is 3.51. The number of aromatic nitrogens is 3. The summed E-state index contributed by atoms with van der Waals surface area (Å²) in [4.78, 5) is 19.6. The van der Waals surface area contributed by atoms with Crippen LogP contribution >= 0.6 is 0 Å². The predicted octanol–water partition coefficient (Wildman–Crippen LogP) is 3.67. The lowest BCUT2D eigenvalue weighted by Crippen LogP contribution is -2.34. The number of benzene rings is 1.